The van der Waals surface area contributed by atoms with Gasteiger partial charge in [-0.25, -0.2) is 4.98 Å². The summed E-state index contributed by atoms with van der Waals surface area (Å²) < 4.78 is 6.00. The van der Waals surface area contributed by atoms with Crippen LogP contribution in [-0.2, 0) is 0 Å². The van der Waals surface area contributed by atoms with Crippen molar-refractivity contribution < 1.29 is 9.21 Å². The summed E-state index contributed by atoms with van der Waals surface area (Å²) in [5.74, 6) is 0.164. The van der Waals surface area contributed by atoms with E-state index in [0.29, 0.717) is 33.3 Å². The lowest BCUT2D eigenvalue weighted by Crippen LogP contribution is -2.34. The number of halogens is 1. The number of thiocarbonyl (C=S) groups is 1. The van der Waals surface area contributed by atoms with Crippen LogP contribution in [0.2, 0.25) is 5.02 Å². The van der Waals surface area contributed by atoms with Gasteiger partial charge in [-0.3, -0.25) is 10.1 Å². The van der Waals surface area contributed by atoms with Crippen molar-refractivity contribution in [1.29, 1.82) is 0 Å². The standard InChI is InChI=1S/C25H16ClN3O2S/c26-20-11-4-3-9-19(20)23(30)29-25(32)27-16-12-13-22-21(14-16)28-24(31-22)18-10-5-7-15-6-1-2-8-17(15)18/h1-14H,(H2,27,29,30,32). The summed E-state index contributed by atoms with van der Waals surface area (Å²) in [7, 11) is 0. The van der Waals surface area contributed by atoms with E-state index in [2.05, 4.69) is 27.8 Å². The number of amides is 1. The van der Waals surface area contributed by atoms with Crippen LogP contribution in [0, 0.1) is 0 Å². The number of carbonyl (C=O) groups is 1. The quantitative estimate of drug-likeness (QED) is 0.306. The number of aromatic nitrogens is 1. The Labute approximate surface area is 194 Å². The molecule has 5 aromatic rings. The Balaban J connectivity index is 1.38. The van der Waals surface area contributed by atoms with E-state index in [1.807, 2.05) is 48.5 Å². The van der Waals surface area contributed by atoms with Gasteiger partial charge in [-0.1, -0.05) is 60.1 Å². The third-order valence-electron chi connectivity index (χ3n) is 5.01. The molecule has 0 radical (unpaired) electrons. The summed E-state index contributed by atoms with van der Waals surface area (Å²) in [6.45, 7) is 0. The number of carbonyl (C=O) groups excluding carboxylic acids is 1. The second-order valence-corrected chi connectivity index (χ2v) is 7.93. The van der Waals surface area contributed by atoms with Crippen LogP contribution in [0.4, 0.5) is 5.69 Å². The van der Waals surface area contributed by atoms with Crippen LogP contribution in [-0.4, -0.2) is 16.0 Å². The van der Waals surface area contributed by atoms with Gasteiger partial charge in [-0.15, -0.1) is 0 Å². The van der Waals surface area contributed by atoms with Crippen molar-refractivity contribution in [3.63, 3.8) is 0 Å². The van der Waals surface area contributed by atoms with Gasteiger partial charge >= 0.3 is 0 Å². The maximum absolute atomic E-state index is 12.4. The molecule has 0 aliphatic rings. The fraction of sp³-hybridized carbons (Fsp3) is 0. The molecular weight excluding hydrogens is 442 g/mol. The van der Waals surface area contributed by atoms with Gasteiger partial charge in [0.25, 0.3) is 5.91 Å². The zero-order valence-electron chi connectivity index (χ0n) is 16.6. The normalized spacial score (nSPS) is 10.9. The lowest BCUT2D eigenvalue weighted by atomic mass is 10.0. The molecule has 1 aromatic heterocycles. The minimum atomic E-state index is -0.381. The van der Waals surface area contributed by atoms with Crippen LogP contribution in [0.3, 0.4) is 0 Å². The van der Waals surface area contributed by atoms with E-state index in [1.54, 1.807) is 24.3 Å². The number of oxazole rings is 1. The highest BCUT2D eigenvalue weighted by molar-refractivity contribution is 7.80. The summed E-state index contributed by atoms with van der Waals surface area (Å²) in [5.41, 5.74) is 3.30. The molecule has 0 spiro atoms. The fourth-order valence-corrected chi connectivity index (χ4v) is 3.94. The maximum atomic E-state index is 12.4. The van der Waals surface area contributed by atoms with Gasteiger partial charge < -0.3 is 9.73 Å². The van der Waals surface area contributed by atoms with Crippen molar-refractivity contribution in [2.75, 3.05) is 5.32 Å². The van der Waals surface area contributed by atoms with E-state index >= 15 is 0 Å². The zero-order chi connectivity index (χ0) is 22.1. The molecule has 0 aliphatic carbocycles. The van der Waals surface area contributed by atoms with E-state index in [9.17, 15) is 4.79 Å². The molecule has 0 saturated carbocycles. The molecule has 0 bridgehead atoms. The van der Waals surface area contributed by atoms with E-state index in [4.69, 9.17) is 28.2 Å². The summed E-state index contributed by atoms with van der Waals surface area (Å²) in [6.07, 6.45) is 0. The van der Waals surface area contributed by atoms with Crippen molar-refractivity contribution in [2.24, 2.45) is 0 Å². The Kier molecular flexibility index (Phi) is 5.31. The molecule has 7 heteroatoms. The van der Waals surface area contributed by atoms with Crippen molar-refractivity contribution in [3.05, 3.63) is 95.5 Å². The van der Waals surface area contributed by atoms with E-state index in [-0.39, 0.29) is 11.0 Å². The Hall–Kier alpha value is -3.74. The number of anilines is 1. The van der Waals surface area contributed by atoms with Crippen molar-refractivity contribution in [2.45, 2.75) is 0 Å². The minimum Gasteiger partial charge on any atom is -0.436 e. The number of rotatable bonds is 3. The first kappa shape index (κ1) is 20.2. The lowest BCUT2D eigenvalue weighted by molar-refractivity contribution is 0.0978. The lowest BCUT2D eigenvalue weighted by Gasteiger charge is -2.10. The largest absolute Gasteiger partial charge is 0.436 e. The topological polar surface area (TPSA) is 67.2 Å². The van der Waals surface area contributed by atoms with Crippen LogP contribution in [0.15, 0.2) is 89.3 Å². The number of nitrogens with zero attached hydrogens (tertiary/aromatic N) is 1. The SMILES string of the molecule is O=C(NC(=S)Nc1ccc2oc(-c3cccc4ccccc34)nc2c1)c1ccccc1Cl. The molecule has 5 rings (SSSR count). The highest BCUT2D eigenvalue weighted by Crippen LogP contribution is 2.31. The third kappa shape index (κ3) is 3.93. The first-order valence-corrected chi connectivity index (χ1v) is 10.6. The van der Waals surface area contributed by atoms with Gasteiger partial charge in [0.05, 0.1) is 10.6 Å². The average Bonchev–Trinajstić information content (AvgIpc) is 3.22. The molecule has 0 saturated heterocycles. The Morgan fingerprint density at radius 1 is 0.938 bits per heavy atom. The van der Waals surface area contributed by atoms with E-state index < -0.39 is 0 Å². The summed E-state index contributed by atoms with van der Waals surface area (Å²) in [5, 5.41) is 8.36. The second-order valence-electron chi connectivity index (χ2n) is 7.12. The van der Waals surface area contributed by atoms with Crippen molar-refractivity contribution in [1.82, 2.24) is 10.3 Å². The molecule has 4 aromatic carbocycles. The molecule has 0 aliphatic heterocycles. The molecule has 0 atom stereocenters. The molecule has 156 valence electrons. The highest BCUT2D eigenvalue weighted by atomic mass is 35.5. The highest BCUT2D eigenvalue weighted by Gasteiger charge is 2.14. The van der Waals surface area contributed by atoms with Crippen molar-refractivity contribution in [3.8, 4) is 11.5 Å². The van der Waals surface area contributed by atoms with Crippen LogP contribution >= 0.6 is 23.8 Å². The maximum Gasteiger partial charge on any atom is 0.258 e. The Morgan fingerprint density at radius 2 is 1.72 bits per heavy atom. The van der Waals surface area contributed by atoms with Gasteiger partial charge in [0, 0.05) is 11.3 Å². The smallest absolute Gasteiger partial charge is 0.258 e. The van der Waals surface area contributed by atoms with Crippen LogP contribution in [0.25, 0.3) is 33.3 Å². The summed E-state index contributed by atoms with van der Waals surface area (Å²) in [6, 6.07) is 26.4. The predicted molar refractivity (Wildman–Crippen MR) is 132 cm³/mol. The monoisotopic (exact) mass is 457 g/mol. The molecule has 1 amide bonds. The third-order valence-corrected chi connectivity index (χ3v) is 5.54. The van der Waals surface area contributed by atoms with Crippen LogP contribution in [0.1, 0.15) is 10.4 Å². The molecule has 0 fully saturated rings. The second kappa shape index (κ2) is 8.42. The van der Waals surface area contributed by atoms with E-state index in [1.165, 1.54) is 0 Å². The van der Waals surface area contributed by atoms with Crippen molar-refractivity contribution >= 4 is 62.4 Å². The molecular formula is C25H16ClN3O2S. The first-order chi connectivity index (χ1) is 15.6. The number of benzene rings is 4. The number of hydrogen-bond donors (Lipinski definition) is 2. The van der Waals surface area contributed by atoms with E-state index in [0.717, 1.165) is 16.3 Å². The van der Waals surface area contributed by atoms with Gasteiger partial charge in [-0.05, 0) is 59.4 Å². The zero-order valence-corrected chi connectivity index (χ0v) is 18.2. The van der Waals surface area contributed by atoms with Crippen LogP contribution < -0.4 is 10.6 Å². The van der Waals surface area contributed by atoms with Gasteiger partial charge in [0.2, 0.25) is 5.89 Å². The number of hydrogen-bond acceptors (Lipinski definition) is 4. The average molecular weight is 458 g/mol. The molecule has 1 heterocycles. The molecule has 5 nitrogen and oxygen atoms in total. The Morgan fingerprint density at radius 3 is 2.59 bits per heavy atom. The first-order valence-electron chi connectivity index (χ1n) is 9.84. The summed E-state index contributed by atoms with van der Waals surface area (Å²) >= 11 is 11.4. The fourth-order valence-electron chi connectivity index (χ4n) is 3.51. The minimum absolute atomic E-state index is 0.159. The van der Waals surface area contributed by atoms with Gasteiger partial charge in [0.1, 0.15) is 5.52 Å². The van der Waals surface area contributed by atoms with Crippen LogP contribution in [0.5, 0.6) is 0 Å². The van der Waals surface area contributed by atoms with Gasteiger partial charge in [0.15, 0.2) is 10.7 Å². The molecule has 32 heavy (non-hydrogen) atoms. The molecule has 2 N–H and O–H groups in total. The van der Waals surface area contributed by atoms with Gasteiger partial charge in [-0.2, -0.15) is 0 Å². The number of nitrogens with one attached hydrogen (secondary N) is 2. The Bertz CT molecular complexity index is 1490. The molecule has 0 unspecified atom stereocenters. The summed E-state index contributed by atoms with van der Waals surface area (Å²) in [4.78, 5) is 17.1. The number of fused-ring (bicyclic) bond motifs is 2. The predicted octanol–water partition coefficient (Wildman–Crippen LogP) is 6.43.